The number of allylic oxidation sites excluding steroid dienone is 2. The van der Waals surface area contributed by atoms with Gasteiger partial charge in [0.2, 0.25) is 12.2 Å². The number of thioether (sulfide) groups is 1. The minimum atomic E-state index is -1.92. The van der Waals surface area contributed by atoms with Crippen molar-refractivity contribution in [3.8, 4) is 6.07 Å². The quantitative estimate of drug-likeness (QED) is 0.0971. The van der Waals surface area contributed by atoms with E-state index in [4.69, 9.17) is 33.7 Å². The highest BCUT2D eigenvalue weighted by molar-refractivity contribution is 8.00. The highest BCUT2D eigenvalue weighted by atomic mass is 32.2. The van der Waals surface area contributed by atoms with Crippen molar-refractivity contribution in [1.29, 1.82) is 5.26 Å². The number of nitrogens with zero attached hydrogens (tertiary/aromatic N) is 6. The molecular formula is C43H49F3N6O9S. The van der Waals surface area contributed by atoms with Gasteiger partial charge in [0.15, 0.2) is 11.9 Å². The molecule has 3 aliphatic rings. The molecule has 3 aromatic rings. The molecule has 19 heteroatoms. The normalized spacial score (nSPS) is 20.9. The molecule has 3 aliphatic heterocycles. The van der Waals surface area contributed by atoms with E-state index in [9.17, 15) is 23.2 Å². The monoisotopic (exact) mass is 882 g/mol. The van der Waals surface area contributed by atoms with Crippen molar-refractivity contribution in [2.24, 2.45) is 0 Å². The standard InChI is InChI=1S/C43H49F3N6O9S/c1-29(62-35-24-57-41(58-25-35)6-4-3-5-32-8-7-31(23-47)21-37(32)45)43(26-52-28-48-27-49-52,36-10-9-33(44)22-38(36)46)61-42(55)60-30(2)59-40(54)12-11-39(53)51-15-13-34(14-16-51)50-17-19-56-20-18-50/h3-10,21-22,27-30,34-35,41H,11-20,24-26H2,1-2H3. The second-order valence-corrected chi connectivity index (χ2v) is 16.6. The van der Waals surface area contributed by atoms with Gasteiger partial charge < -0.3 is 33.3 Å². The van der Waals surface area contributed by atoms with Gasteiger partial charge in [0, 0.05) is 68.0 Å². The molecule has 2 aromatic carbocycles. The van der Waals surface area contributed by atoms with Crippen LogP contribution in [0.25, 0.3) is 6.08 Å². The maximum atomic E-state index is 15.8. The number of hydrogen-bond donors (Lipinski definition) is 0. The van der Waals surface area contributed by atoms with Crippen LogP contribution in [0.3, 0.4) is 0 Å². The molecule has 0 aliphatic carbocycles. The number of morpholine rings is 1. The average Bonchev–Trinajstić information content (AvgIpc) is 3.78. The minimum absolute atomic E-state index is 0.0817. The number of carbonyl (C=O) groups excluding carboxylic acids is 3. The van der Waals surface area contributed by atoms with Crippen molar-refractivity contribution in [2.75, 3.05) is 52.6 Å². The summed E-state index contributed by atoms with van der Waals surface area (Å²) >= 11 is 1.25. The fourth-order valence-corrected chi connectivity index (χ4v) is 8.85. The third-order valence-electron chi connectivity index (χ3n) is 10.7. The van der Waals surface area contributed by atoms with Gasteiger partial charge in [-0.3, -0.25) is 14.5 Å². The summed E-state index contributed by atoms with van der Waals surface area (Å²) in [6.45, 7) is 7.37. The molecule has 3 unspecified atom stereocenters. The molecule has 62 heavy (non-hydrogen) atoms. The Hall–Kier alpha value is -5.26. The van der Waals surface area contributed by atoms with E-state index in [1.165, 1.54) is 60.3 Å². The highest BCUT2D eigenvalue weighted by Crippen LogP contribution is 2.42. The lowest BCUT2D eigenvalue weighted by Gasteiger charge is -2.40. The van der Waals surface area contributed by atoms with Gasteiger partial charge in [0.25, 0.3) is 0 Å². The van der Waals surface area contributed by atoms with Gasteiger partial charge in [-0.25, -0.2) is 27.6 Å². The van der Waals surface area contributed by atoms with E-state index in [1.54, 1.807) is 30.1 Å². The van der Waals surface area contributed by atoms with E-state index in [0.29, 0.717) is 44.0 Å². The molecule has 15 nitrogen and oxygen atoms in total. The molecule has 0 saturated carbocycles. The summed E-state index contributed by atoms with van der Waals surface area (Å²) in [7, 11) is 0. The molecule has 1 amide bonds. The largest absolute Gasteiger partial charge is 0.512 e. The van der Waals surface area contributed by atoms with E-state index < -0.39 is 53.0 Å². The Kier molecular flexibility index (Phi) is 16.6. The van der Waals surface area contributed by atoms with Crippen LogP contribution in [0.15, 0.2) is 67.3 Å². The Morgan fingerprint density at radius 3 is 2.42 bits per heavy atom. The van der Waals surface area contributed by atoms with Crippen LogP contribution in [-0.2, 0) is 50.2 Å². The van der Waals surface area contributed by atoms with Crippen LogP contribution in [0.2, 0.25) is 0 Å². The van der Waals surface area contributed by atoms with Crippen LogP contribution in [0.5, 0.6) is 0 Å². The Labute approximate surface area is 361 Å². The van der Waals surface area contributed by atoms with E-state index >= 15 is 4.39 Å². The van der Waals surface area contributed by atoms with Crippen molar-refractivity contribution in [1.82, 2.24) is 24.6 Å². The van der Waals surface area contributed by atoms with Crippen LogP contribution in [-0.4, -0.2) is 124 Å². The topological polar surface area (TPSA) is 168 Å². The van der Waals surface area contributed by atoms with Crippen LogP contribution in [0, 0.1) is 28.8 Å². The van der Waals surface area contributed by atoms with E-state index in [1.807, 2.05) is 6.07 Å². The molecule has 0 bridgehead atoms. The molecule has 3 atom stereocenters. The second kappa shape index (κ2) is 22.2. The number of nitriles is 1. The molecular weight excluding hydrogens is 834 g/mol. The number of esters is 1. The minimum Gasteiger partial charge on any atom is -0.425 e. The number of rotatable bonds is 16. The van der Waals surface area contributed by atoms with Crippen molar-refractivity contribution in [3.05, 3.63) is 101 Å². The maximum Gasteiger partial charge on any atom is 0.512 e. The average molecular weight is 883 g/mol. The van der Waals surface area contributed by atoms with Gasteiger partial charge in [0.1, 0.15) is 30.1 Å². The fraction of sp³-hybridized carbons (Fsp3) is 0.488. The Morgan fingerprint density at radius 1 is 0.984 bits per heavy atom. The van der Waals surface area contributed by atoms with Gasteiger partial charge in [0.05, 0.1) is 56.3 Å². The van der Waals surface area contributed by atoms with Crippen LogP contribution in [0.4, 0.5) is 18.0 Å². The third-order valence-corrected chi connectivity index (χ3v) is 12.2. The number of likely N-dealkylation sites (tertiary alicyclic amines) is 1. The number of amides is 1. The number of piperidine rings is 1. The van der Waals surface area contributed by atoms with E-state index in [2.05, 4.69) is 15.0 Å². The lowest BCUT2D eigenvalue weighted by atomic mass is 9.89. The predicted molar refractivity (Wildman–Crippen MR) is 218 cm³/mol. The fourth-order valence-electron chi connectivity index (χ4n) is 7.49. The summed E-state index contributed by atoms with van der Waals surface area (Å²) < 4.78 is 79.6. The van der Waals surface area contributed by atoms with Crippen molar-refractivity contribution in [3.63, 3.8) is 0 Å². The van der Waals surface area contributed by atoms with Crippen LogP contribution in [0.1, 0.15) is 56.2 Å². The number of ether oxygens (including phenoxy) is 6. The molecule has 332 valence electrons. The first kappa shape index (κ1) is 46.2. The lowest BCUT2D eigenvalue weighted by molar-refractivity contribution is -0.172. The summed E-state index contributed by atoms with van der Waals surface area (Å²) in [5.41, 5.74) is -1.59. The van der Waals surface area contributed by atoms with Gasteiger partial charge >= 0.3 is 12.1 Å². The smallest absolute Gasteiger partial charge is 0.425 e. The summed E-state index contributed by atoms with van der Waals surface area (Å²) in [5, 5.41) is 11.9. The third kappa shape index (κ3) is 12.7. The molecule has 0 N–H and O–H groups in total. The predicted octanol–water partition coefficient (Wildman–Crippen LogP) is 5.74. The Balaban J connectivity index is 1.05. The number of halogens is 3. The summed E-state index contributed by atoms with van der Waals surface area (Å²) in [6.07, 6.45) is 6.83. The van der Waals surface area contributed by atoms with Crippen molar-refractivity contribution >= 4 is 35.9 Å². The number of carbonyl (C=O) groups is 3. The van der Waals surface area contributed by atoms with E-state index in [-0.39, 0.29) is 54.9 Å². The number of aromatic nitrogens is 3. The van der Waals surface area contributed by atoms with E-state index in [0.717, 1.165) is 38.1 Å². The second-order valence-electron chi connectivity index (χ2n) is 14.9. The summed E-state index contributed by atoms with van der Waals surface area (Å²) in [6, 6.07) is 9.32. The summed E-state index contributed by atoms with van der Waals surface area (Å²) in [4.78, 5) is 47.4. The molecule has 4 heterocycles. The van der Waals surface area contributed by atoms with Gasteiger partial charge in [-0.2, -0.15) is 10.4 Å². The maximum absolute atomic E-state index is 15.8. The molecule has 0 spiro atoms. The van der Waals surface area contributed by atoms with Gasteiger partial charge in [-0.15, -0.1) is 11.8 Å². The Bertz CT molecular complexity index is 2080. The zero-order valence-electron chi connectivity index (χ0n) is 34.4. The van der Waals surface area contributed by atoms with Crippen LogP contribution < -0.4 is 0 Å². The summed E-state index contributed by atoms with van der Waals surface area (Å²) in [5.74, 6) is -3.34. The first-order valence-electron chi connectivity index (χ1n) is 20.3. The SMILES string of the molecule is CC(OC(=O)CCC(=O)N1CCC(N2CCOCC2)CC1)OC(=O)OC(Cn1cncn1)(c1ccc(F)cc1F)C(C)SC1COC(C=CC=Cc2ccc(C#N)cc2F)OC1. The molecule has 3 saturated heterocycles. The van der Waals surface area contributed by atoms with Crippen molar-refractivity contribution in [2.45, 2.75) is 80.8 Å². The molecule has 3 fully saturated rings. The number of benzene rings is 2. The molecule has 6 rings (SSSR count). The molecule has 1 aromatic heterocycles. The number of hydrogen-bond acceptors (Lipinski definition) is 14. The van der Waals surface area contributed by atoms with Crippen LogP contribution >= 0.6 is 11.8 Å². The zero-order valence-corrected chi connectivity index (χ0v) is 35.2. The Morgan fingerprint density at radius 2 is 1.74 bits per heavy atom. The first-order chi connectivity index (χ1) is 29.9. The first-order valence-corrected chi connectivity index (χ1v) is 21.3. The zero-order chi connectivity index (χ0) is 44.1. The van der Waals surface area contributed by atoms with Gasteiger partial charge in [-0.1, -0.05) is 24.3 Å². The van der Waals surface area contributed by atoms with Crippen molar-refractivity contribution < 1.29 is 56.0 Å². The molecule has 0 radical (unpaired) electrons. The van der Waals surface area contributed by atoms with Gasteiger partial charge in [-0.05, 0) is 50.1 Å². The lowest BCUT2D eigenvalue weighted by Crippen LogP contribution is -2.50. The highest BCUT2D eigenvalue weighted by Gasteiger charge is 2.47.